The van der Waals surface area contributed by atoms with E-state index < -0.39 is 0 Å². The molecule has 6 nitrogen and oxygen atoms in total. The number of piperidine rings is 2. The maximum absolute atomic E-state index is 12.3. The summed E-state index contributed by atoms with van der Waals surface area (Å²) >= 11 is 6.81. The molecule has 1 atom stereocenters. The van der Waals surface area contributed by atoms with Crippen LogP contribution in [0.3, 0.4) is 0 Å². The van der Waals surface area contributed by atoms with Crippen molar-refractivity contribution in [3.05, 3.63) is 58.3 Å². The quantitative estimate of drug-likeness (QED) is 0.601. The Morgan fingerprint density at radius 3 is 2.58 bits per heavy atom. The lowest BCUT2D eigenvalue weighted by Gasteiger charge is -2.34. The zero-order chi connectivity index (χ0) is 21.5. The fraction of sp³-hybridized carbons (Fsp3) is 0.375. The maximum atomic E-state index is 12.3. The molecule has 2 aliphatic heterocycles. The van der Waals surface area contributed by atoms with Gasteiger partial charge in [-0.15, -0.1) is 0 Å². The van der Waals surface area contributed by atoms with E-state index >= 15 is 0 Å². The lowest BCUT2D eigenvalue weighted by molar-refractivity contribution is -0.134. The van der Waals surface area contributed by atoms with E-state index in [1.807, 2.05) is 31.2 Å². The molecule has 3 aromatic rings. The zero-order valence-corrected chi connectivity index (χ0v) is 18.1. The van der Waals surface area contributed by atoms with Gasteiger partial charge in [0, 0.05) is 29.9 Å². The van der Waals surface area contributed by atoms with Crippen molar-refractivity contribution in [1.29, 1.82) is 0 Å². The first-order chi connectivity index (χ1) is 15.0. The van der Waals surface area contributed by atoms with Gasteiger partial charge in [0.1, 0.15) is 11.3 Å². The van der Waals surface area contributed by atoms with Crippen LogP contribution < -0.4 is 10.2 Å². The number of benzene rings is 2. The third-order valence-corrected chi connectivity index (χ3v) is 7.05. The van der Waals surface area contributed by atoms with Gasteiger partial charge in [-0.1, -0.05) is 41.0 Å². The van der Waals surface area contributed by atoms with Gasteiger partial charge >= 0.3 is 0 Å². The number of carbonyl (C=O) groups excluding carboxylic acids is 2. The second kappa shape index (κ2) is 8.00. The van der Waals surface area contributed by atoms with Crippen molar-refractivity contribution in [3.8, 4) is 0 Å². The van der Waals surface area contributed by atoms with E-state index in [1.165, 1.54) is 0 Å². The van der Waals surface area contributed by atoms with Gasteiger partial charge in [0.05, 0.1) is 11.6 Å². The van der Waals surface area contributed by atoms with Crippen LogP contribution in [-0.4, -0.2) is 30.1 Å². The van der Waals surface area contributed by atoms with E-state index in [4.69, 9.17) is 16.1 Å². The fourth-order valence-electron chi connectivity index (χ4n) is 4.90. The number of fused-ring (bicyclic) bond motifs is 1. The highest BCUT2D eigenvalue weighted by molar-refractivity contribution is 6.32. The molecule has 2 aromatic carbocycles. The Labute approximate surface area is 185 Å². The number of amides is 2. The predicted octanol–water partition coefficient (Wildman–Crippen LogP) is 4.69. The van der Waals surface area contributed by atoms with Crippen molar-refractivity contribution in [3.63, 3.8) is 0 Å². The number of anilines is 1. The molecule has 2 amide bonds. The molecule has 1 unspecified atom stereocenters. The third-order valence-electron chi connectivity index (χ3n) is 6.62. The van der Waals surface area contributed by atoms with E-state index in [0.29, 0.717) is 23.8 Å². The Kier molecular flexibility index (Phi) is 5.18. The fourth-order valence-corrected chi connectivity index (χ4v) is 5.32. The molecule has 160 valence electrons. The highest BCUT2D eigenvalue weighted by atomic mass is 35.5. The second-order valence-electron chi connectivity index (χ2n) is 8.43. The highest BCUT2D eigenvalue weighted by Gasteiger charge is 2.31. The van der Waals surface area contributed by atoms with Crippen LogP contribution in [0.2, 0.25) is 5.02 Å². The Morgan fingerprint density at radius 2 is 1.81 bits per heavy atom. The van der Waals surface area contributed by atoms with Crippen LogP contribution in [0, 0.1) is 6.92 Å². The first kappa shape index (κ1) is 20.1. The minimum Gasteiger partial charge on any atom is -0.370 e. The van der Waals surface area contributed by atoms with Crippen molar-refractivity contribution in [2.75, 3.05) is 18.0 Å². The molecule has 5 rings (SSSR count). The van der Waals surface area contributed by atoms with E-state index in [-0.39, 0.29) is 17.7 Å². The van der Waals surface area contributed by atoms with E-state index in [2.05, 4.69) is 27.5 Å². The van der Waals surface area contributed by atoms with Crippen molar-refractivity contribution >= 4 is 40.0 Å². The summed E-state index contributed by atoms with van der Waals surface area (Å²) in [5.41, 5.74) is 3.95. The van der Waals surface area contributed by atoms with E-state index in [1.54, 1.807) is 0 Å². The van der Waals surface area contributed by atoms with E-state index in [0.717, 1.165) is 59.4 Å². The smallest absolute Gasteiger partial charge is 0.234 e. The lowest BCUT2D eigenvalue weighted by atomic mass is 9.84. The van der Waals surface area contributed by atoms with Gasteiger partial charge in [-0.25, -0.2) is 0 Å². The van der Waals surface area contributed by atoms with Crippen LogP contribution in [0.1, 0.15) is 54.4 Å². The normalized spacial score (nSPS) is 20.3. The molecule has 0 aliphatic carbocycles. The molecule has 2 aliphatic rings. The van der Waals surface area contributed by atoms with Gasteiger partial charge in [-0.2, -0.15) is 0 Å². The van der Waals surface area contributed by atoms with E-state index in [9.17, 15) is 9.59 Å². The number of hydrogen-bond donors (Lipinski definition) is 1. The number of halogens is 1. The molecule has 0 spiro atoms. The summed E-state index contributed by atoms with van der Waals surface area (Å²) in [5, 5.41) is 8.42. The predicted molar refractivity (Wildman–Crippen MR) is 120 cm³/mol. The molecule has 31 heavy (non-hydrogen) atoms. The number of aromatic nitrogens is 1. The van der Waals surface area contributed by atoms with Crippen molar-refractivity contribution < 1.29 is 14.1 Å². The maximum Gasteiger partial charge on any atom is 0.234 e. The number of imide groups is 1. The highest BCUT2D eigenvalue weighted by Crippen LogP contribution is 2.40. The van der Waals surface area contributed by atoms with Crippen LogP contribution in [0.4, 0.5) is 5.69 Å². The van der Waals surface area contributed by atoms with Crippen LogP contribution >= 0.6 is 11.6 Å². The van der Waals surface area contributed by atoms with Gasteiger partial charge in [0.25, 0.3) is 0 Å². The summed E-state index contributed by atoms with van der Waals surface area (Å²) in [4.78, 5) is 26.2. The van der Waals surface area contributed by atoms with Gasteiger partial charge in [0.15, 0.2) is 0 Å². The van der Waals surface area contributed by atoms with Gasteiger partial charge in [-0.3, -0.25) is 14.9 Å². The van der Waals surface area contributed by atoms with Gasteiger partial charge in [0.2, 0.25) is 11.8 Å². The van der Waals surface area contributed by atoms with Gasteiger partial charge < -0.3 is 9.42 Å². The monoisotopic (exact) mass is 437 g/mol. The minimum atomic E-state index is -0.363. The summed E-state index contributed by atoms with van der Waals surface area (Å²) in [6.45, 7) is 3.73. The molecule has 0 saturated carbocycles. The van der Waals surface area contributed by atoms with Crippen LogP contribution in [0.25, 0.3) is 10.9 Å². The van der Waals surface area contributed by atoms with Crippen LogP contribution in [-0.2, 0) is 9.59 Å². The van der Waals surface area contributed by atoms with Crippen molar-refractivity contribution in [2.45, 2.75) is 44.4 Å². The third kappa shape index (κ3) is 3.59. The number of nitrogens with one attached hydrogen (secondary N) is 1. The van der Waals surface area contributed by atoms with Crippen molar-refractivity contribution in [1.82, 2.24) is 10.5 Å². The topological polar surface area (TPSA) is 75.4 Å². The second-order valence-corrected chi connectivity index (χ2v) is 8.81. The SMILES string of the molecule is Cc1onc2c(N3CCC(c4cccc(C5CCC(=O)NC5=O)c4Cl)CC3)cccc12. The summed E-state index contributed by atoms with van der Waals surface area (Å²) in [6.07, 6.45) is 2.79. The Balaban J connectivity index is 1.35. The summed E-state index contributed by atoms with van der Waals surface area (Å²) in [5.74, 6) is 0.344. The summed E-state index contributed by atoms with van der Waals surface area (Å²) < 4.78 is 5.39. The standard InChI is InChI=1S/C24H24ClN3O3/c1-14-16-4-3-7-20(23(16)27-31-14)28-12-10-15(11-13-28)17-5-2-6-18(22(17)25)19-8-9-21(29)26-24(19)30/h2-7,15,19H,8-13H2,1H3,(H,26,29,30). The Hall–Kier alpha value is -2.86. The molecule has 1 aromatic heterocycles. The molecular weight excluding hydrogens is 414 g/mol. The number of carbonyl (C=O) groups is 2. The first-order valence-electron chi connectivity index (χ1n) is 10.7. The molecule has 3 heterocycles. The Morgan fingerprint density at radius 1 is 1.06 bits per heavy atom. The number of rotatable bonds is 3. The van der Waals surface area contributed by atoms with Crippen LogP contribution in [0.15, 0.2) is 40.9 Å². The van der Waals surface area contributed by atoms with Gasteiger partial charge in [-0.05, 0) is 55.4 Å². The molecule has 0 radical (unpaired) electrons. The lowest BCUT2D eigenvalue weighted by Crippen LogP contribution is -2.39. The number of nitrogens with zero attached hydrogens (tertiary/aromatic N) is 2. The average molecular weight is 438 g/mol. The van der Waals surface area contributed by atoms with Crippen molar-refractivity contribution in [2.24, 2.45) is 0 Å². The molecule has 2 saturated heterocycles. The first-order valence-corrected chi connectivity index (χ1v) is 11.1. The molecule has 2 fully saturated rings. The van der Waals surface area contributed by atoms with Crippen LogP contribution in [0.5, 0.6) is 0 Å². The summed E-state index contributed by atoms with van der Waals surface area (Å²) in [6, 6.07) is 12.1. The molecular formula is C24H24ClN3O3. The minimum absolute atomic E-state index is 0.210. The summed E-state index contributed by atoms with van der Waals surface area (Å²) in [7, 11) is 0. The largest absolute Gasteiger partial charge is 0.370 e. The Bertz CT molecular complexity index is 1160. The number of aryl methyl sites for hydroxylation is 1. The zero-order valence-electron chi connectivity index (χ0n) is 17.4. The molecule has 0 bridgehead atoms. The molecule has 7 heteroatoms. The number of hydrogen-bond acceptors (Lipinski definition) is 5. The average Bonchev–Trinajstić information content (AvgIpc) is 3.16. The molecule has 1 N–H and O–H groups in total.